The maximum atomic E-state index is 13.4. The van der Waals surface area contributed by atoms with Crippen molar-refractivity contribution in [1.82, 2.24) is 4.90 Å². The van der Waals surface area contributed by atoms with Gasteiger partial charge in [0.25, 0.3) is 0 Å². The van der Waals surface area contributed by atoms with Gasteiger partial charge in [-0.25, -0.2) is 4.39 Å². The highest BCUT2D eigenvalue weighted by molar-refractivity contribution is 5.81. The average Bonchev–Trinajstić information content (AvgIpc) is 2.40. The largest absolute Gasteiger partial charge is 0.481 e. The molecule has 2 unspecified atom stereocenters. The molecule has 1 saturated heterocycles. The molecular formula is C15H18FNO3. The number of hydrogen-bond acceptors (Lipinski definition) is 2. The molecule has 0 aromatic heterocycles. The fraction of sp³-hybridized carbons (Fsp3) is 0.467. The fourth-order valence-electron chi connectivity index (χ4n) is 2.82. The molecule has 5 heteroatoms. The van der Waals surface area contributed by atoms with Crippen molar-refractivity contribution < 1.29 is 19.1 Å². The Bertz CT molecular complexity index is 518. The molecule has 108 valence electrons. The lowest BCUT2D eigenvalue weighted by Gasteiger charge is -2.39. The van der Waals surface area contributed by atoms with Gasteiger partial charge in [-0.1, -0.05) is 19.1 Å². The molecule has 0 aliphatic carbocycles. The molecule has 1 N–H and O–H groups in total. The van der Waals surface area contributed by atoms with Crippen molar-refractivity contribution >= 4 is 11.9 Å². The number of hydrogen-bond donors (Lipinski definition) is 1. The van der Waals surface area contributed by atoms with Crippen molar-refractivity contribution in [3.8, 4) is 0 Å². The zero-order chi connectivity index (χ0) is 14.7. The highest BCUT2D eigenvalue weighted by Crippen LogP contribution is 2.37. The van der Waals surface area contributed by atoms with Crippen LogP contribution in [-0.2, 0) is 9.59 Å². The Kier molecular flexibility index (Phi) is 4.37. The highest BCUT2D eigenvalue weighted by atomic mass is 19.1. The average molecular weight is 279 g/mol. The first-order chi connectivity index (χ1) is 9.54. The Morgan fingerprint density at radius 3 is 2.85 bits per heavy atom. The standard InChI is InChI=1S/C15H18FNO3/c1-2-8-17-13(18)7-6-12(15(19)20)14(17)10-4-3-5-11(16)9-10/h3-5,9,12,14H,2,6-8H2,1H3,(H,19,20). The van der Waals surface area contributed by atoms with Crippen LogP contribution in [0.25, 0.3) is 0 Å². The summed E-state index contributed by atoms with van der Waals surface area (Å²) in [6.07, 6.45) is 1.28. The number of aliphatic carboxylic acids is 1. The Morgan fingerprint density at radius 2 is 2.25 bits per heavy atom. The number of likely N-dealkylation sites (tertiary alicyclic amines) is 1. The van der Waals surface area contributed by atoms with Crippen LogP contribution in [0.4, 0.5) is 4.39 Å². The van der Waals surface area contributed by atoms with Crippen molar-refractivity contribution in [2.24, 2.45) is 5.92 Å². The number of nitrogens with zero attached hydrogens (tertiary/aromatic N) is 1. The lowest BCUT2D eigenvalue weighted by atomic mass is 9.84. The topological polar surface area (TPSA) is 57.6 Å². The second-order valence-corrected chi connectivity index (χ2v) is 5.07. The molecule has 0 bridgehead atoms. The Morgan fingerprint density at radius 1 is 1.50 bits per heavy atom. The molecule has 1 aromatic rings. The minimum Gasteiger partial charge on any atom is -0.481 e. The molecule has 0 spiro atoms. The number of rotatable bonds is 4. The summed E-state index contributed by atoms with van der Waals surface area (Å²) in [5.41, 5.74) is 0.555. The fourth-order valence-corrected chi connectivity index (χ4v) is 2.82. The van der Waals surface area contributed by atoms with E-state index in [1.807, 2.05) is 6.92 Å². The second kappa shape index (κ2) is 6.03. The van der Waals surface area contributed by atoms with E-state index in [1.54, 1.807) is 17.0 Å². The van der Waals surface area contributed by atoms with E-state index >= 15 is 0 Å². The van der Waals surface area contributed by atoms with E-state index in [4.69, 9.17) is 0 Å². The Hall–Kier alpha value is -1.91. The number of carbonyl (C=O) groups excluding carboxylic acids is 1. The number of carboxylic acid groups (broad SMARTS) is 1. The van der Waals surface area contributed by atoms with Crippen molar-refractivity contribution in [2.45, 2.75) is 32.2 Å². The molecule has 0 saturated carbocycles. The Balaban J connectivity index is 2.42. The molecular weight excluding hydrogens is 261 g/mol. The van der Waals surface area contributed by atoms with Gasteiger partial charge in [0.1, 0.15) is 5.82 Å². The molecule has 1 heterocycles. The minimum atomic E-state index is -0.937. The molecule has 4 nitrogen and oxygen atoms in total. The first-order valence-corrected chi connectivity index (χ1v) is 6.82. The smallest absolute Gasteiger partial charge is 0.308 e. The van der Waals surface area contributed by atoms with Gasteiger partial charge < -0.3 is 10.0 Å². The number of carbonyl (C=O) groups is 2. The molecule has 0 radical (unpaired) electrons. The van der Waals surface area contributed by atoms with Crippen LogP contribution in [0.15, 0.2) is 24.3 Å². The maximum absolute atomic E-state index is 13.4. The number of halogens is 1. The van der Waals surface area contributed by atoms with Crippen LogP contribution in [0, 0.1) is 11.7 Å². The monoisotopic (exact) mass is 279 g/mol. The van der Waals surface area contributed by atoms with Crippen molar-refractivity contribution in [3.05, 3.63) is 35.6 Å². The van der Waals surface area contributed by atoms with E-state index in [2.05, 4.69) is 0 Å². The summed E-state index contributed by atoms with van der Waals surface area (Å²) in [5, 5.41) is 9.38. The summed E-state index contributed by atoms with van der Waals surface area (Å²) >= 11 is 0. The third-order valence-corrected chi connectivity index (χ3v) is 3.68. The summed E-state index contributed by atoms with van der Waals surface area (Å²) in [6.45, 7) is 2.42. The van der Waals surface area contributed by atoms with Crippen LogP contribution in [0.3, 0.4) is 0 Å². The predicted molar refractivity (Wildman–Crippen MR) is 71.5 cm³/mol. The van der Waals surface area contributed by atoms with Crippen molar-refractivity contribution in [2.75, 3.05) is 6.54 Å². The zero-order valence-corrected chi connectivity index (χ0v) is 11.4. The summed E-state index contributed by atoms with van der Waals surface area (Å²) in [5.74, 6) is -2.09. The van der Waals surface area contributed by atoms with Gasteiger partial charge in [0.05, 0.1) is 12.0 Å². The van der Waals surface area contributed by atoms with E-state index < -0.39 is 23.7 Å². The number of amides is 1. The van der Waals surface area contributed by atoms with Gasteiger partial charge in [0.2, 0.25) is 5.91 Å². The summed E-state index contributed by atoms with van der Waals surface area (Å²) in [4.78, 5) is 25.1. The quantitative estimate of drug-likeness (QED) is 0.921. The lowest BCUT2D eigenvalue weighted by molar-refractivity contribution is -0.152. The van der Waals surface area contributed by atoms with E-state index in [1.165, 1.54) is 12.1 Å². The third-order valence-electron chi connectivity index (χ3n) is 3.68. The summed E-state index contributed by atoms with van der Waals surface area (Å²) < 4.78 is 13.4. The van der Waals surface area contributed by atoms with E-state index in [0.29, 0.717) is 18.5 Å². The number of benzene rings is 1. The van der Waals surface area contributed by atoms with Crippen LogP contribution < -0.4 is 0 Å². The number of piperidine rings is 1. The SMILES string of the molecule is CCCN1C(=O)CCC(C(=O)O)C1c1cccc(F)c1. The normalized spacial score (nSPS) is 22.9. The van der Waals surface area contributed by atoms with Gasteiger partial charge in [-0.15, -0.1) is 0 Å². The minimum absolute atomic E-state index is 0.0568. The zero-order valence-electron chi connectivity index (χ0n) is 11.4. The van der Waals surface area contributed by atoms with Gasteiger partial charge >= 0.3 is 5.97 Å². The van der Waals surface area contributed by atoms with Gasteiger partial charge in [-0.05, 0) is 30.5 Å². The van der Waals surface area contributed by atoms with Crippen LogP contribution in [0.2, 0.25) is 0 Å². The molecule has 1 aliphatic heterocycles. The van der Waals surface area contributed by atoms with E-state index in [9.17, 15) is 19.1 Å². The van der Waals surface area contributed by atoms with Crippen LogP contribution >= 0.6 is 0 Å². The highest BCUT2D eigenvalue weighted by Gasteiger charge is 2.40. The van der Waals surface area contributed by atoms with Crippen molar-refractivity contribution in [3.63, 3.8) is 0 Å². The van der Waals surface area contributed by atoms with Crippen molar-refractivity contribution in [1.29, 1.82) is 0 Å². The number of carboxylic acids is 1. The predicted octanol–water partition coefficient (Wildman–Crippen LogP) is 2.60. The summed E-state index contributed by atoms with van der Waals surface area (Å²) in [6, 6.07) is 5.29. The van der Waals surface area contributed by atoms with Gasteiger partial charge in [0.15, 0.2) is 0 Å². The van der Waals surface area contributed by atoms with Crippen LogP contribution in [-0.4, -0.2) is 28.4 Å². The second-order valence-electron chi connectivity index (χ2n) is 5.07. The van der Waals surface area contributed by atoms with E-state index in [0.717, 1.165) is 6.42 Å². The lowest BCUT2D eigenvalue weighted by Crippen LogP contribution is -2.45. The molecule has 1 amide bonds. The molecule has 2 rings (SSSR count). The molecule has 20 heavy (non-hydrogen) atoms. The van der Waals surface area contributed by atoms with Crippen LogP contribution in [0.1, 0.15) is 37.8 Å². The van der Waals surface area contributed by atoms with Gasteiger partial charge in [-0.2, -0.15) is 0 Å². The Labute approximate surface area is 117 Å². The molecule has 2 atom stereocenters. The summed E-state index contributed by atoms with van der Waals surface area (Å²) in [7, 11) is 0. The third kappa shape index (κ3) is 2.81. The van der Waals surface area contributed by atoms with E-state index in [-0.39, 0.29) is 12.3 Å². The van der Waals surface area contributed by atoms with Crippen LogP contribution in [0.5, 0.6) is 0 Å². The molecule has 1 aromatic carbocycles. The molecule has 1 fully saturated rings. The van der Waals surface area contributed by atoms with Gasteiger partial charge in [0, 0.05) is 13.0 Å². The molecule has 1 aliphatic rings. The van der Waals surface area contributed by atoms with Gasteiger partial charge in [-0.3, -0.25) is 9.59 Å². The maximum Gasteiger partial charge on any atom is 0.308 e. The first kappa shape index (κ1) is 14.5. The first-order valence-electron chi connectivity index (χ1n) is 6.82.